The van der Waals surface area contributed by atoms with Gasteiger partial charge in [-0.25, -0.2) is 8.78 Å². The zero-order valence-electron chi connectivity index (χ0n) is 11.0. The lowest BCUT2D eigenvalue weighted by Gasteiger charge is -2.45. The fraction of sp³-hybridized carbons (Fsp3) is 1.00. The predicted molar refractivity (Wildman–Crippen MR) is 64.6 cm³/mol. The number of hydrogen-bond donors (Lipinski definition) is 1. The highest BCUT2D eigenvalue weighted by Gasteiger charge is 2.32. The van der Waals surface area contributed by atoms with E-state index in [9.17, 15) is 8.78 Å². The zero-order valence-corrected chi connectivity index (χ0v) is 11.0. The fourth-order valence-corrected chi connectivity index (χ4v) is 2.07. The van der Waals surface area contributed by atoms with E-state index < -0.39 is 13.0 Å². The topological polar surface area (TPSA) is 24.5 Å². The first-order valence-electron chi connectivity index (χ1n) is 6.32. The minimum atomic E-state index is -2.36. The Bertz CT molecular complexity index is 229. The Morgan fingerprint density at radius 2 is 2.24 bits per heavy atom. The molecule has 1 aliphatic heterocycles. The smallest absolute Gasteiger partial charge is 0.261 e. The van der Waals surface area contributed by atoms with Gasteiger partial charge in [0.25, 0.3) is 6.43 Å². The summed E-state index contributed by atoms with van der Waals surface area (Å²) >= 11 is 0. The number of ether oxygens (including phenoxy) is 1. The van der Waals surface area contributed by atoms with Crippen LogP contribution in [-0.4, -0.2) is 55.8 Å². The summed E-state index contributed by atoms with van der Waals surface area (Å²) in [6.07, 6.45) is -1.30. The molecule has 1 heterocycles. The molecule has 0 bridgehead atoms. The summed E-state index contributed by atoms with van der Waals surface area (Å²) in [6.45, 7) is 9.06. The Balaban J connectivity index is 2.30. The summed E-state index contributed by atoms with van der Waals surface area (Å²) in [7, 11) is 0. The third-order valence-corrected chi connectivity index (χ3v) is 3.55. The minimum Gasteiger partial charge on any atom is -0.374 e. The van der Waals surface area contributed by atoms with Crippen molar-refractivity contribution in [1.82, 2.24) is 10.2 Å². The molecule has 0 saturated carbocycles. The summed E-state index contributed by atoms with van der Waals surface area (Å²) in [5.74, 6) is 0. The van der Waals surface area contributed by atoms with E-state index in [1.165, 1.54) is 0 Å². The first kappa shape index (κ1) is 14.8. The molecule has 1 aliphatic rings. The molecule has 1 N–H and O–H groups in total. The summed E-state index contributed by atoms with van der Waals surface area (Å²) in [4.78, 5) is 2.31. The van der Waals surface area contributed by atoms with Crippen LogP contribution in [0, 0.1) is 0 Å². The number of nitrogens with zero attached hydrogens (tertiary/aromatic N) is 1. The van der Waals surface area contributed by atoms with Gasteiger partial charge in [-0.2, -0.15) is 0 Å². The van der Waals surface area contributed by atoms with E-state index in [4.69, 9.17) is 4.74 Å². The Hall–Kier alpha value is -0.260. The third kappa shape index (κ3) is 4.85. The zero-order chi connectivity index (χ0) is 12.9. The Labute approximate surface area is 103 Å². The van der Waals surface area contributed by atoms with Crippen LogP contribution < -0.4 is 5.32 Å². The van der Waals surface area contributed by atoms with Crippen LogP contribution in [0.4, 0.5) is 8.78 Å². The van der Waals surface area contributed by atoms with Crippen molar-refractivity contribution in [3.8, 4) is 0 Å². The highest BCUT2D eigenvalue weighted by Crippen LogP contribution is 2.18. The van der Waals surface area contributed by atoms with Crippen LogP contribution in [0.5, 0.6) is 0 Å². The molecule has 0 aromatic heterocycles. The number of piperazine rings is 1. The lowest BCUT2D eigenvalue weighted by molar-refractivity contribution is -0.00224. The fourth-order valence-electron chi connectivity index (χ4n) is 2.07. The van der Waals surface area contributed by atoms with Gasteiger partial charge in [-0.15, -0.1) is 0 Å². The first-order chi connectivity index (χ1) is 7.97. The molecule has 2 atom stereocenters. The molecule has 0 amide bonds. The van der Waals surface area contributed by atoms with Crippen LogP contribution >= 0.6 is 0 Å². The van der Waals surface area contributed by atoms with Gasteiger partial charge in [-0.3, -0.25) is 4.90 Å². The van der Waals surface area contributed by atoms with Crippen molar-refractivity contribution in [3.63, 3.8) is 0 Å². The number of hydrogen-bond acceptors (Lipinski definition) is 3. The van der Waals surface area contributed by atoms with Gasteiger partial charge in [0.05, 0.1) is 6.61 Å². The molecule has 1 saturated heterocycles. The van der Waals surface area contributed by atoms with Gasteiger partial charge in [0.2, 0.25) is 0 Å². The maximum absolute atomic E-state index is 11.9. The standard InChI is InChI=1S/C12H24F2N2O/c1-4-12(3)9-16(10(2)7-15-12)5-6-17-8-11(13)14/h10-11,15H,4-9H2,1-3H3. The van der Waals surface area contributed by atoms with Crippen molar-refractivity contribution in [2.75, 3.05) is 32.8 Å². The van der Waals surface area contributed by atoms with Gasteiger partial charge < -0.3 is 10.1 Å². The Morgan fingerprint density at radius 3 is 2.82 bits per heavy atom. The van der Waals surface area contributed by atoms with Crippen molar-refractivity contribution in [2.45, 2.75) is 45.2 Å². The van der Waals surface area contributed by atoms with Gasteiger partial charge in [-0.1, -0.05) is 6.92 Å². The summed E-state index contributed by atoms with van der Waals surface area (Å²) in [5, 5.41) is 3.53. The SMILES string of the molecule is CCC1(C)CN(CCOCC(F)F)C(C)CN1. The summed E-state index contributed by atoms with van der Waals surface area (Å²) < 4.78 is 28.7. The highest BCUT2D eigenvalue weighted by atomic mass is 19.3. The molecule has 1 rings (SSSR count). The summed E-state index contributed by atoms with van der Waals surface area (Å²) in [5.41, 5.74) is 0.134. The number of rotatable bonds is 6. The van der Waals surface area contributed by atoms with Crippen LogP contribution in [0.15, 0.2) is 0 Å². The normalized spacial score (nSPS) is 31.1. The molecule has 0 aromatic rings. The molecule has 0 aliphatic carbocycles. The molecule has 5 heteroatoms. The highest BCUT2D eigenvalue weighted by molar-refractivity contribution is 4.92. The average Bonchev–Trinajstić information content (AvgIpc) is 2.29. The first-order valence-corrected chi connectivity index (χ1v) is 6.32. The number of halogens is 2. The van der Waals surface area contributed by atoms with Crippen molar-refractivity contribution >= 4 is 0 Å². The van der Waals surface area contributed by atoms with Crippen LogP contribution in [0.25, 0.3) is 0 Å². The third-order valence-electron chi connectivity index (χ3n) is 3.55. The van der Waals surface area contributed by atoms with Crippen molar-refractivity contribution in [1.29, 1.82) is 0 Å². The Kier molecular flexibility index (Phi) is 5.76. The molecule has 1 fully saturated rings. The van der Waals surface area contributed by atoms with Crippen LogP contribution in [0.2, 0.25) is 0 Å². The second kappa shape index (κ2) is 6.61. The van der Waals surface area contributed by atoms with Gasteiger partial charge in [-0.05, 0) is 20.3 Å². The van der Waals surface area contributed by atoms with Gasteiger partial charge in [0, 0.05) is 31.2 Å². The van der Waals surface area contributed by atoms with Gasteiger partial charge >= 0.3 is 0 Å². The van der Waals surface area contributed by atoms with E-state index >= 15 is 0 Å². The van der Waals surface area contributed by atoms with Gasteiger partial charge in [0.1, 0.15) is 6.61 Å². The minimum absolute atomic E-state index is 0.134. The second-order valence-corrected chi connectivity index (χ2v) is 5.08. The van der Waals surface area contributed by atoms with Crippen molar-refractivity contribution in [2.24, 2.45) is 0 Å². The molecule has 2 unspecified atom stereocenters. The second-order valence-electron chi connectivity index (χ2n) is 5.08. The van der Waals surface area contributed by atoms with E-state index in [1.54, 1.807) is 0 Å². The number of nitrogens with one attached hydrogen (secondary N) is 1. The van der Waals surface area contributed by atoms with Crippen molar-refractivity contribution < 1.29 is 13.5 Å². The quantitative estimate of drug-likeness (QED) is 0.727. The van der Waals surface area contributed by atoms with Gasteiger partial charge in [0.15, 0.2) is 0 Å². The lowest BCUT2D eigenvalue weighted by atomic mass is 9.94. The summed E-state index contributed by atoms with van der Waals surface area (Å²) in [6, 6.07) is 0.435. The van der Waals surface area contributed by atoms with Crippen LogP contribution in [0.1, 0.15) is 27.2 Å². The largest absolute Gasteiger partial charge is 0.374 e. The molecular weight excluding hydrogens is 226 g/mol. The van der Waals surface area contributed by atoms with Crippen LogP contribution in [-0.2, 0) is 4.74 Å². The van der Waals surface area contributed by atoms with E-state index in [2.05, 4.69) is 31.0 Å². The lowest BCUT2D eigenvalue weighted by Crippen LogP contribution is -2.62. The van der Waals surface area contributed by atoms with E-state index in [0.29, 0.717) is 12.6 Å². The van der Waals surface area contributed by atoms with Crippen LogP contribution in [0.3, 0.4) is 0 Å². The predicted octanol–water partition coefficient (Wildman–Crippen LogP) is 1.73. The molecule has 102 valence electrons. The van der Waals surface area contributed by atoms with Crippen molar-refractivity contribution in [3.05, 3.63) is 0 Å². The average molecular weight is 250 g/mol. The molecule has 0 aromatic carbocycles. The molecule has 17 heavy (non-hydrogen) atoms. The molecule has 0 spiro atoms. The molecule has 3 nitrogen and oxygen atoms in total. The maximum Gasteiger partial charge on any atom is 0.261 e. The molecule has 0 radical (unpaired) electrons. The monoisotopic (exact) mass is 250 g/mol. The van der Waals surface area contributed by atoms with E-state index in [0.717, 1.165) is 26.1 Å². The number of alkyl halides is 2. The Morgan fingerprint density at radius 1 is 1.53 bits per heavy atom. The maximum atomic E-state index is 11.9. The molecular formula is C12H24F2N2O. The van der Waals surface area contributed by atoms with E-state index in [1.807, 2.05) is 0 Å². The van der Waals surface area contributed by atoms with E-state index in [-0.39, 0.29) is 5.54 Å².